The second-order valence-corrected chi connectivity index (χ2v) is 7.60. The predicted molar refractivity (Wildman–Crippen MR) is 101 cm³/mol. The highest BCUT2D eigenvalue weighted by atomic mass is 35.5. The summed E-state index contributed by atoms with van der Waals surface area (Å²) in [5.41, 5.74) is 3.96. The van der Waals surface area contributed by atoms with E-state index in [1.54, 1.807) is 13.3 Å². The number of imidazole rings is 1. The van der Waals surface area contributed by atoms with Gasteiger partial charge in [-0.05, 0) is 24.6 Å². The monoisotopic (exact) mass is 378 g/mol. The van der Waals surface area contributed by atoms with Gasteiger partial charge in [-0.3, -0.25) is 9.19 Å². The molecule has 6 nitrogen and oxygen atoms in total. The molecule has 0 bridgehead atoms. The molecule has 0 saturated heterocycles. The van der Waals surface area contributed by atoms with Crippen LogP contribution in [0.2, 0.25) is 5.02 Å². The molecule has 1 N–H and O–H groups in total. The summed E-state index contributed by atoms with van der Waals surface area (Å²) in [6.07, 6.45) is 1.75. The first-order chi connectivity index (χ1) is 11.9. The van der Waals surface area contributed by atoms with Crippen LogP contribution in [0.5, 0.6) is 5.75 Å². The first kappa shape index (κ1) is 17.7. The van der Waals surface area contributed by atoms with Gasteiger partial charge < -0.3 is 14.6 Å². The largest absolute Gasteiger partial charge is 0.497 e. The smallest absolute Gasteiger partial charge is 0.197 e. The van der Waals surface area contributed by atoms with Crippen LogP contribution in [0.1, 0.15) is 11.3 Å². The molecule has 0 aliphatic carbocycles. The number of ether oxygens (including phenoxy) is 1. The van der Waals surface area contributed by atoms with Crippen LogP contribution in [0.4, 0.5) is 5.69 Å². The van der Waals surface area contributed by atoms with E-state index in [0.717, 1.165) is 22.3 Å². The third-order valence-electron chi connectivity index (χ3n) is 3.85. The minimum atomic E-state index is -1.39. The molecule has 1 unspecified atom stereocenters. The van der Waals surface area contributed by atoms with Crippen molar-refractivity contribution in [1.29, 1.82) is 0 Å². The summed E-state index contributed by atoms with van der Waals surface area (Å²) in [7, 11) is 4.05. The maximum atomic E-state index is 12.7. The topological polar surface area (TPSA) is 71.1 Å². The Morgan fingerprint density at radius 3 is 2.80 bits per heavy atom. The fourth-order valence-electron chi connectivity index (χ4n) is 2.64. The zero-order valence-electron chi connectivity index (χ0n) is 14.5. The van der Waals surface area contributed by atoms with Gasteiger partial charge in [0, 0.05) is 26.4 Å². The van der Waals surface area contributed by atoms with Gasteiger partial charge in [0.15, 0.2) is 5.16 Å². The predicted octanol–water partition coefficient (Wildman–Crippen LogP) is 3.30. The van der Waals surface area contributed by atoms with Crippen LogP contribution < -0.4 is 9.64 Å². The highest BCUT2D eigenvalue weighted by molar-refractivity contribution is 7.84. The van der Waals surface area contributed by atoms with Gasteiger partial charge in [-0.15, -0.1) is 0 Å². The lowest BCUT2D eigenvalue weighted by molar-refractivity contribution is 0.415. The molecule has 0 saturated carbocycles. The molecule has 0 amide bonds. The summed E-state index contributed by atoms with van der Waals surface area (Å²) in [4.78, 5) is 13.8. The number of hydrogen-bond donors (Lipinski definition) is 1. The van der Waals surface area contributed by atoms with E-state index >= 15 is 0 Å². The maximum absolute atomic E-state index is 12.7. The zero-order valence-corrected chi connectivity index (χ0v) is 16.0. The highest BCUT2D eigenvalue weighted by Gasteiger charge is 2.17. The van der Waals surface area contributed by atoms with Gasteiger partial charge in [0.05, 0.1) is 51.1 Å². The fourth-order valence-corrected chi connectivity index (χ4v) is 4.19. The molecule has 0 radical (unpaired) electrons. The van der Waals surface area contributed by atoms with Crippen molar-refractivity contribution < 1.29 is 8.95 Å². The Kier molecular flexibility index (Phi) is 4.96. The quantitative estimate of drug-likeness (QED) is 0.737. The number of anilines is 1. The van der Waals surface area contributed by atoms with Gasteiger partial charge in [0.2, 0.25) is 0 Å². The number of pyridine rings is 1. The summed E-state index contributed by atoms with van der Waals surface area (Å²) < 4.78 is 17.9. The molecular weight excluding hydrogens is 360 g/mol. The summed E-state index contributed by atoms with van der Waals surface area (Å²) in [5.74, 6) is 0.907. The van der Waals surface area contributed by atoms with E-state index in [4.69, 9.17) is 16.3 Å². The minimum Gasteiger partial charge on any atom is -0.497 e. The Bertz CT molecular complexity index is 955. The summed E-state index contributed by atoms with van der Waals surface area (Å²) in [6, 6.07) is 5.47. The number of benzene rings is 1. The highest BCUT2D eigenvalue weighted by Crippen LogP contribution is 2.31. The molecule has 0 aliphatic rings. The average Bonchev–Trinajstić information content (AvgIpc) is 3.00. The number of aromatic nitrogens is 3. The van der Waals surface area contributed by atoms with Crippen molar-refractivity contribution in [2.24, 2.45) is 0 Å². The number of methoxy groups -OCH3 is 1. The molecule has 25 heavy (non-hydrogen) atoms. The molecule has 2 heterocycles. The molecule has 132 valence electrons. The SMILES string of the molecule is COc1ccc2nc(S(=O)Cc3ncc(C)c(N(C)C)c3Cl)[nH]c2c1. The van der Waals surface area contributed by atoms with Crippen LogP contribution in [-0.4, -0.2) is 40.4 Å². The lowest BCUT2D eigenvalue weighted by Crippen LogP contribution is -2.13. The third-order valence-corrected chi connectivity index (χ3v) is 5.40. The molecule has 1 aromatic carbocycles. The zero-order chi connectivity index (χ0) is 18.1. The molecule has 0 aliphatic heterocycles. The maximum Gasteiger partial charge on any atom is 0.197 e. The van der Waals surface area contributed by atoms with E-state index in [9.17, 15) is 4.21 Å². The van der Waals surface area contributed by atoms with Gasteiger partial charge in [0.1, 0.15) is 5.75 Å². The van der Waals surface area contributed by atoms with Crippen molar-refractivity contribution in [3.8, 4) is 5.75 Å². The van der Waals surface area contributed by atoms with Crippen molar-refractivity contribution in [3.05, 3.63) is 40.7 Å². The standard InChI is InChI=1S/C17H19ClN4O2S/c1-10-8-19-14(15(18)16(10)22(2)3)9-25(23)17-20-12-6-5-11(24-4)7-13(12)21-17/h5-8H,9H2,1-4H3,(H,20,21). The average molecular weight is 379 g/mol. The van der Waals surface area contributed by atoms with Crippen molar-refractivity contribution in [3.63, 3.8) is 0 Å². The lowest BCUT2D eigenvalue weighted by Gasteiger charge is -2.18. The Morgan fingerprint density at radius 1 is 1.36 bits per heavy atom. The first-order valence-electron chi connectivity index (χ1n) is 7.64. The molecule has 8 heteroatoms. The number of fused-ring (bicyclic) bond motifs is 1. The number of H-pyrrole nitrogens is 1. The van der Waals surface area contributed by atoms with E-state index in [1.807, 2.05) is 44.1 Å². The normalized spacial score (nSPS) is 12.4. The number of aromatic amines is 1. The van der Waals surface area contributed by atoms with Crippen molar-refractivity contribution in [1.82, 2.24) is 15.0 Å². The van der Waals surface area contributed by atoms with Crippen molar-refractivity contribution in [2.75, 3.05) is 26.1 Å². The van der Waals surface area contributed by atoms with Gasteiger partial charge in [-0.25, -0.2) is 4.98 Å². The van der Waals surface area contributed by atoms with Gasteiger partial charge in [0.25, 0.3) is 0 Å². The summed E-state index contributed by atoms with van der Waals surface area (Å²) in [5, 5.41) is 0.921. The lowest BCUT2D eigenvalue weighted by atomic mass is 10.2. The number of nitrogens with one attached hydrogen (secondary N) is 1. The van der Waals surface area contributed by atoms with E-state index in [-0.39, 0.29) is 5.75 Å². The molecule has 3 aromatic rings. The van der Waals surface area contributed by atoms with Crippen LogP contribution in [0, 0.1) is 6.92 Å². The minimum absolute atomic E-state index is 0.191. The summed E-state index contributed by atoms with van der Waals surface area (Å²) in [6.45, 7) is 1.95. The first-order valence-corrected chi connectivity index (χ1v) is 9.34. The van der Waals surface area contributed by atoms with Gasteiger partial charge in [-0.1, -0.05) is 11.6 Å². The Morgan fingerprint density at radius 2 is 2.12 bits per heavy atom. The second kappa shape index (κ2) is 7.01. The van der Waals surface area contributed by atoms with Gasteiger partial charge >= 0.3 is 0 Å². The molecule has 0 spiro atoms. The van der Waals surface area contributed by atoms with Crippen LogP contribution in [0.3, 0.4) is 0 Å². The number of rotatable bonds is 5. The Hall–Kier alpha value is -2.12. The van der Waals surface area contributed by atoms with Crippen LogP contribution in [0.15, 0.2) is 29.6 Å². The number of hydrogen-bond acceptors (Lipinski definition) is 5. The van der Waals surface area contributed by atoms with E-state index < -0.39 is 10.8 Å². The molecule has 1 atom stereocenters. The van der Waals surface area contributed by atoms with Crippen LogP contribution in [0.25, 0.3) is 11.0 Å². The molecular formula is C17H19ClN4O2S. The third kappa shape index (κ3) is 3.48. The fraction of sp³-hybridized carbons (Fsp3) is 0.294. The van der Waals surface area contributed by atoms with E-state index in [0.29, 0.717) is 21.6 Å². The number of aryl methyl sites for hydroxylation is 1. The second-order valence-electron chi connectivity index (χ2n) is 5.86. The van der Waals surface area contributed by atoms with E-state index in [1.165, 1.54) is 0 Å². The summed E-state index contributed by atoms with van der Waals surface area (Å²) >= 11 is 6.47. The van der Waals surface area contributed by atoms with Gasteiger partial charge in [-0.2, -0.15) is 0 Å². The van der Waals surface area contributed by atoms with E-state index in [2.05, 4.69) is 15.0 Å². The van der Waals surface area contributed by atoms with Crippen LogP contribution in [-0.2, 0) is 16.6 Å². The molecule has 3 rings (SSSR count). The molecule has 0 fully saturated rings. The van der Waals surface area contributed by atoms with Crippen molar-refractivity contribution >= 4 is 39.1 Å². The van der Waals surface area contributed by atoms with Crippen LogP contribution >= 0.6 is 11.6 Å². The number of halogens is 1. The molecule has 2 aromatic heterocycles. The van der Waals surface area contributed by atoms with Crippen molar-refractivity contribution in [2.45, 2.75) is 17.8 Å². The Balaban J connectivity index is 1.91. The Labute approximate surface area is 153 Å². The number of nitrogens with zero attached hydrogens (tertiary/aromatic N) is 3.